The number of nitrogens with zero attached hydrogens (tertiary/aromatic N) is 2. The van der Waals surface area contributed by atoms with E-state index in [2.05, 4.69) is 53.5 Å². The molecule has 0 aliphatic heterocycles. The second kappa shape index (κ2) is 6.53. The highest BCUT2D eigenvalue weighted by Crippen LogP contribution is 2.14. The van der Waals surface area contributed by atoms with E-state index in [9.17, 15) is 0 Å². The zero-order chi connectivity index (χ0) is 13.7. The maximum absolute atomic E-state index is 4.58. The fourth-order valence-corrected chi connectivity index (χ4v) is 2.37. The number of fused-ring (bicyclic) bond motifs is 1. The van der Waals surface area contributed by atoms with E-state index in [0.29, 0.717) is 6.04 Å². The summed E-state index contributed by atoms with van der Waals surface area (Å²) in [6.07, 6.45) is 4.19. The van der Waals surface area contributed by atoms with Gasteiger partial charge in [-0.3, -0.25) is 0 Å². The van der Waals surface area contributed by atoms with Gasteiger partial charge in [0.15, 0.2) is 0 Å². The summed E-state index contributed by atoms with van der Waals surface area (Å²) in [6.45, 7) is 9.99. The molecule has 0 saturated heterocycles. The highest BCUT2D eigenvalue weighted by molar-refractivity contribution is 5.75. The molecule has 19 heavy (non-hydrogen) atoms. The summed E-state index contributed by atoms with van der Waals surface area (Å²) in [7, 11) is 0. The first-order valence-electron chi connectivity index (χ1n) is 6.98. The Morgan fingerprint density at radius 2 is 2.21 bits per heavy atom. The first kappa shape index (κ1) is 13.8. The van der Waals surface area contributed by atoms with Crippen molar-refractivity contribution in [3.8, 4) is 0 Å². The predicted octanol–water partition coefficient (Wildman–Crippen LogP) is 3.29. The number of hydrogen-bond donors (Lipinski definition) is 1. The third-order valence-corrected chi connectivity index (χ3v) is 3.48. The van der Waals surface area contributed by atoms with Crippen molar-refractivity contribution in [1.82, 2.24) is 14.9 Å². The van der Waals surface area contributed by atoms with Gasteiger partial charge in [0, 0.05) is 19.1 Å². The Hall–Kier alpha value is -1.61. The van der Waals surface area contributed by atoms with Gasteiger partial charge in [0.05, 0.1) is 11.0 Å². The van der Waals surface area contributed by atoms with Crippen LogP contribution in [0.5, 0.6) is 0 Å². The number of allylic oxidation sites excluding steroid dienone is 1. The van der Waals surface area contributed by atoms with Crippen LogP contribution in [0.25, 0.3) is 11.0 Å². The average Bonchev–Trinajstić information content (AvgIpc) is 2.73. The minimum atomic E-state index is 0.535. The molecule has 0 radical (unpaired) electrons. The van der Waals surface area contributed by atoms with Gasteiger partial charge in [0.1, 0.15) is 5.82 Å². The van der Waals surface area contributed by atoms with Crippen LogP contribution < -0.4 is 5.32 Å². The lowest BCUT2D eigenvalue weighted by atomic mass is 10.2. The van der Waals surface area contributed by atoms with Gasteiger partial charge in [-0.1, -0.05) is 18.2 Å². The van der Waals surface area contributed by atoms with Crippen LogP contribution in [0.4, 0.5) is 0 Å². The van der Waals surface area contributed by atoms with Crippen LogP contribution in [-0.4, -0.2) is 22.1 Å². The van der Waals surface area contributed by atoms with E-state index in [1.54, 1.807) is 0 Å². The van der Waals surface area contributed by atoms with Crippen molar-refractivity contribution in [3.63, 3.8) is 0 Å². The Bertz CT molecular complexity index is 542. The molecule has 0 saturated carbocycles. The summed E-state index contributed by atoms with van der Waals surface area (Å²) < 4.78 is 2.28. The highest BCUT2D eigenvalue weighted by atomic mass is 15.1. The van der Waals surface area contributed by atoms with E-state index in [1.807, 2.05) is 12.1 Å². The van der Waals surface area contributed by atoms with E-state index in [4.69, 9.17) is 0 Å². The topological polar surface area (TPSA) is 29.9 Å². The van der Waals surface area contributed by atoms with Gasteiger partial charge in [0.2, 0.25) is 0 Å². The summed E-state index contributed by atoms with van der Waals surface area (Å²) in [5, 5.41) is 3.55. The standard InChI is InChI=1S/C16H23N3/c1-4-5-8-13(2)17-11-12-19-14(3)18-15-9-6-7-10-16(15)19/h4,6-7,9-10,13,17H,1,5,8,11-12H2,2-3H3. The van der Waals surface area contributed by atoms with Gasteiger partial charge < -0.3 is 9.88 Å². The molecule has 0 bridgehead atoms. The summed E-state index contributed by atoms with van der Waals surface area (Å²) in [5.74, 6) is 1.08. The molecule has 0 aliphatic rings. The molecule has 3 heteroatoms. The number of aryl methyl sites for hydroxylation is 1. The van der Waals surface area contributed by atoms with Gasteiger partial charge in [-0.05, 0) is 38.8 Å². The normalized spacial score (nSPS) is 12.7. The van der Waals surface area contributed by atoms with E-state index in [-0.39, 0.29) is 0 Å². The maximum atomic E-state index is 4.58. The van der Waals surface area contributed by atoms with E-state index in [0.717, 1.165) is 37.3 Å². The largest absolute Gasteiger partial charge is 0.327 e. The zero-order valence-electron chi connectivity index (χ0n) is 11.9. The second-order valence-electron chi connectivity index (χ2n) is 5.02. The van der Waals surface area contributed by atoms with Gasteiger partial charge >= 0.3 is 0 Å². The third kappa shape index (κ3) is 3.44. The average molecular weight is 257 g/mol. The highest BCUT2D eigenvalue weighted by Gasteiger charge is 2.06. The molecule has 1 heterocycles. The molecule has 0 spiro atoms. The first-order valence-corrected chi connectivity index (χ1v) is 6.98. The van der Waals surface area contributed by atoms with Crippen molar-refractivity contribution in [2.24, 2.45) is 0 Å². The number of para-hydroxylation sites is 2. The quantitative estimate of drug-likeness (QED) is 0.771. The Kier molecular flexibility index (Phi) is 4.74. The Morgan fingerprint density at radius 3 is 3.00 bits per heavy atom. The van der Waals surface area contributed by atoms with Crippen molar-refractivity contribution in [2.75, 3.05) is 6.54 Å². The molecule has 2 aromatic rings. The minimum absolute atomic E-state index is 0.535. The minimum Gasteiger partial charge on any atom is -0.327 e. The third-order valence-electron chi connectivity index (χ3n) is 3.48. The lowest BCUT2D eigenvalue weighted by Crippen LogP contribution is -2.29. The zero-order valence-corrected chi connectivity index (χ0v) is 11.9. The van der Waals surface area contributed by atoms with Crippen LogP contribution >= 0.6 is 0 Å². The number of imidazole rings is 1. The van der Waals surface area contributed by atoms with E-state index >= 15 is 0 Å². The summed E-state index contributed by atoms with van der Waals surface area (Å²) >= 11 is 0. The van der Waals surface area contributed by atoms with E-state index < -0.39 is 0 Å². The Morgan fingerprint density at radius 1 is 1.42 bits per heavy atom. The summed E-state index contributed by atoms with van der Waals surface area (Å²) in [4.78, 5) is 4.58. The van der Waals surface area contributed by atoms with Crippen molar-refractivity contribution in [3.05, 3.63) is 42.7 Å². The van der Waals surface area contributed by atoms with Crippen LogP contribution in [0.3, 0.4) is 0 Å². The predicted molar refractivity (Wildman–Crippen MR) is 81.4 cm³/mol. The molecule has 1 N–H and O–H groups in total. The van der Waals surface area contributed by atoms with Gasteiger partial charge in [-0.2, -0.15) is 0 Å². The lowest BCUT2D eigenvalue weighted by molar-refractivity contribution is 0.493. The number of nitrogens with one attached hydrogen (secondary N) is 1. The number of rotatable bonds is 7. The number of aromatic nitrogens is 2. The van der Waals surface area contributed by atoms with Gasteiger partial charge in [-0.25, -0.2) is 4.98 Å². The first-order chi connectivity index (χ1) is 9.22. The van der Waals surface area contributed by atoms with Gasteiger partial charge in [-0.15, -0.1) is 6.58 Å². The number of benzene rings is 1. The molecule has 102 valence electrons. The van der Waals surface area contributed by atoms with Crippen LogP contribution in [-0.2, 0) is 6.54 Å². The van der Waals surface area contributed by atoms with Gasteiger partial charge in [0.25, 0.3) is 0 Å². The molecule has 2 rings (SSSR count). The summed E-state index contributed by atoms with van der Waals surface area (Å²) in [5.41, 5.74) is 2.31. The molecule has 1 atom stereocenters. The smallest absolute Gasteiger partial charge is 0.106 e. The second-order valence-corrected chi connectivity index (χ2v) is 5.02. The number of hydrogen-bond acceptors (Lipinski definition) is 2. The van der Waals surface area contributed by atoms with Crippen LogP contribution in [0, 0.1) is 6.92 Å². The van der Waals surface area contributed by atoms with E-state index in [1.165, 1.54) is 5.52 Å². The van der Waals surface area contributed by atoms with Crippen LogP contribution in [0.15, 0.2) is 36.9 Å². The van der Waals surface area contributed by atoms with Crippen molar-refractivity contribution >= 4 is 11.0 Å². The molecule has 0 amide bonds. The lowest BCUT2D eigenvalue weighted by Gasteiger charge is -2.14. The fourth-order valence-electron chi connectivity index (χ4n) is 2.37. The molecule has 0 fully saturated rings. The molecule has 1 aromatic carbocycles. The molecule has 1 aromatic heterocycles. The van der Waals surface area contributed by atoms with Crippen molar-refractivity contribution in [2.45, 2.75) is 39.3 Å². The molecule has 1 unspecified atom stereocenters. The molecular formula is C16H23N3. The Balaban J connectivity index is 1.94. The molecule has 0 aliphatic carbocycles. The SMILES string of the molecule is C=CCCC(C)NCCn1c(C)nc2ccccc21. The van der Waals surface area contributed by atoms with Crippen LogP contribution in [0.2, 0.25) is 0 Å². The summed E-state index contributed by atoms with van der Waals surface area (Å²) in [6, 6.07) is 8.85. The molecule has 3 nitrogen and oxygen atoms in total. The monoisotopic (exact) mass is 257 g/mol. The molecular weight excluding hydrogens is 234 g/mol. The Labute approximate surface area is 115 Å². The van der Waals surface area contributed by atoms with Crippen molar-refractivity contribution < 1.29 is 0 Å². The van der Waals surface area contributed by atoms with Crippen LogP contribution in [0.1, 0.15) is 25.6 Å². The maximum Gasteiger partial charge on any atom is 0.106 e. The van der Waals surface area contributed by atoms with Crippen molar-refractivity contribution in [1.29, 1.82) is 0 Å². The fraction of sp³-hybridized carbons (Fsp3) is 0.438.